The first-order valence-electron chi connectivity index (χ1n) is 7.67. The van der Waals surface area contributed by atoms with E-state index in [9.17, 15) is 4.79 Å². The number of aromatic nitrogens is 1. The van der Waals surface area contributed by atoms with Crippen molar-refractivity contribution in [3.8, 4) is 11.1 Å². The van der Waals surface area contributed by atoms with Crippen molar-refractivity contribution in [2.24, 2.45) is 5.73 Å². The van der Waals surface area contributed by atoms with Crippen LogP contribution in [0.1, 0.15) is 21.6 Å². The fourth-order valence-electron chi connectivity index (χ4n) is 2.63. The number of rotatable bonds is 5. The maximum Gasteiger partial charge on any atom is 0.248 e. The summed E-state index contributed by atoms with van der Waals surface area (Å²) in [6, 6.07) is 21.1. The second-order valence-electron chi connectivity index (χ2n) is 5.50. The number of anilines is 1. The third-order valence-corrected chi connectivity index (χ3v) is 3.79. The molecule has 0 bridgehead atoms. The van der Waals surface area contributed by atoms with E-state index in [-0.39, 0.29) is 0 Å². The number of amides is 1. The van der Waals surface area contributed by atoms with Crippen LogP contribution in [0.5, 0.6) is 0 Å². The fraction of sp³-hybridized carbons (Fsp3) is 0.0500. The van der Waals surface area contributed by atoms with Crippen LogP contribution in [0.2, 0.25) is 0 Å². The van der Waals surface area contributed by atoms with Crippen LogP contribution >= 0.6 is 0 Å². The molecule has 3 aromatic rings. The molecule has 3 rings (SSSR count). The second-order valence-corrected chi connectivity index (χ2v) is 5.50. The quantitative estimate of drug-likeness (QED) is 0.758. The van der Waals surface area contributed by atoms with Gasteiger partial charge in [-0.25, -0.2) is 4.98 Å². The van der Waals surface area contributed by atoms with Gasteiger partial charge < -0.3 is 11.5 Å². The Bertz CT molecular complexity index is 860. The summed E-state index contributed by atoms with van der Waals surface area (Å²) in [5.41, 5.74) is 15.6. The summed E-state index contributed by atoms with van der Waals surface area (Å²) in [6.45, 7) is 0. The van der Waals surface area contributed by atoms with Gasteiger partial charge in [-0.1, -0.05) is 48.5 Å². The molecule has 24 heavy (non-hydrogen) atoms. The van der Waals surface area contributed by atoms with Gasteiger partial charge in [-0.3, -0.25) is 4.79 Å². The van der Waals surface area contributed by atoms with Crippen molar-refractivity contribution in [2.75, 3.05) is 5.73 Å². The van der Waals surface area contributed by atoms with Crippen LogP contribution in [-0.4, -0.2) is 10.9 Å². The van der Waals surface area contributed by atoms with Gasteiger partial charge in [0.2, 0.25) is 5.91 Å². The number of pyridine rings is 1. The molecular weight excluding hydrogens is 298 g/mol. The molecule has 4 heteroatoms. The van der Waals surface area contributed by atoms with Crippen LogP contribution < -0.4 is 11.5 Å². The number of primary amides is 1. The summed E-state index contributed by atoms with van der Waals surface area (Å²) in [5.74, 6) is 0.0373. The molecule has 0 aliphatic rings. The maximum atomic E-state index is 11.5. The van der Waals surface area contributed by atoms with Gasteiger partial charge in [-0.05, 0) is 41.3 Å². The van der Waals surface area contributed by atoms with Gasteiger partial charge >= 0.3 is 0 Å². The SMILES string of the molecule is NC(=O)c1ccccc1C[CH]c1cc(-c2ccccc2)cc(N)n1. The van der Waals surface area contributed by atoms with Gasteiger partial charge in [0.05, 0.1) is 0 Å². The Labute approximate surface area is 141 Å². The maximum absolute atomic E-state index is 11.5. The molecule has 1 aromatic heterocycles. The van der Waals surface area contributed by atoms with Crippen molar-refractivity contribution < 1.29 is 4.79 Å². The monoisotopic (exact) mass is 316 g/mol. The molecule has 4 nitrogen and oxygen atoms in total. The van der Waals surface area contributed by atoms with Gasteiger partial charge in [-0.2, -0.15) is 0 Å². The summed E-state index contributed by atoms with van der Waals surface area (Å²) in [4.78, 5) is 15.9. The van der Waals surface area contributed by atoms with E-state index in [4.69, 9.17) is 11.5 Å². The van der Waals surface area contributed by atoms with Crippen molar-refractivity contribution in [1.82, 2.24) is 4.98 Å². The Balaban J connectivity index is 1.84. The minimum absolute atomic E-state index is 0.426. The first-order valence-corrected chi connectivity index (χ1v) is 7.67. The Kier molecular flexibility index (Phi) is 4.57. The van der Waals surface area contributed by atoms with Gasteiger partial charge in [-0.15, -0.1) is 0 Å². The fourth-order valence-corrected chi connectivity index (χ4v) is 2.63. The molecule has 0 saturated carbocycles. The Morgan fingerprint density at radius 1 is 0.958 bits per heavy atom. The number of nitrogens with zero attached hydrogens (tertiary/aromatic N) is 1. The molecule has 0 saturated heterocycles. The van der Waals surface area contributed by atoms with E-state index in [1.54, 1.807) is 12.1 Å². The van der Waals surface area contributed by atoms with E-state index in [2.05, 4.69) is 4.98 Å². The first kappa shape index (κ1) is 15.7. The van der Waals surface area contributed by atoms with Crippen LogP contribution in [0.25, 0.3) is 11.1 Å². The van der Waals surface area contributed by atoms with Crippen molar-refractivity contribution in [3.63, 3.8) is 0 Å². The average Bonchev–Trinajstić information content (AvgIpc) is 2.60. The average molecular weight is 316 g/mol. The van der Waals surface area contributed by atoms with Gasteiger partial charge in [0.15, 0.2) is 0 Å². The molecule has 0 unspecified atom stereocenters. The molecule has 0 spiro atoms. The number of nitrogen functional groups attached to an aromatic ring is 1. The third kappa shape index (κ3) is 3.60. The predicted octanol–water partition coefficient (Wildman–Crippen LogP) is 3.22. The highest BCUT2D eigenvalue weighted by Crippen LogP contribution is 2.23. The molecule has 1 radical (unpaired) electrons. The number of hydrogen-bond donors (Lipinski definition) is 2. The summed E-state index contributed by atoms with van der Waals surface area (Å²) >= 11 is 0. The number of carbonyl (C=O) groups is 1. The Hall–Kier alpha value is -3.14. The van der Waals surface area contributed by atoms with Crippen molar-refractivity contribution in [1.29, 1.82) is 0 Å². The standard InChI is InChI=1S/C20H18N3O/c21-19-13-16(14-6-2-1-3-7-14)12-17(23-19)11-10-15-8-4-5-9-18(15)20(22)24/h1-9,11-13H,10H2,(H2,21,23)(H2,22,24). The molecule has 2 aromatic carbocycles. The normalized spacial score (nSPS) is 10.5. The molecule has 119 valence electrons. The summed E-state index contributed by atoms with van der Waals surface area (Å²) < 4.78 is 0. The minimum atomic E-state index is -0.426. The van der Waals surface area contributed by atoms with E-state index >= 15 is 0 Å². The van der Waals surface area contributed by atoms with Crippen LogP contribution in [0.4, 0.5) is 5.82 Å². The highest BCUT2D eigenvalue weighted by atomic mass is 16.1. The molecule has 0 fully saturated rings. The van der Waals surface area contributed by atoms with Crippen molar-refractivity contribution in [3.05, 3.63) is 90.0 Å². The van der Waals surface area contributed by atoms with E-state index in [0.29, 0.717) is 17.8 Å². The molecule has 0 aliphatic carbocycles. The molecule has 1 heterocycles. The number of nitrogens with two attached hydrogens (primary N) is 2. The highest BCUT2D eigenvalue weighted by molar-refractivity contribution is 5.94. The second kappa shape index (κ2) is 6.96. The number of hydrogen-bond acceptors (Lipinski definition) is 3. The van der Waals surface area contributed by atoms with Crippen LogP contribution in [0.15, 0.2) is 66.7 Å². The van der Waals surface area contributed by atoms with Gasteiger partial charge in [0.1, 0.15) is 5.82 Å². The topological polar surface area (TPSA) is 82.0 Å². The Morgan fingerprint density at radius 3 is 2.42 bits per heavy atom. The molecule has 0 atom stereocenters. The zero-order valence-corrected chi connectivity index (χ0v) is 13.1. The van der Waals surface area contributed by atoms with Crippen molar-refractivity contribution >= 4 is 11.7 Å². The summed E-state index contributed by atoms with van der Waals surface area (Å²) in [6.07, 6.45) is 2.51. The van der Waals surface area contributed by atoms with Crippen molar-refractivity contribution in [2.45, 2.75) is 6.42 Å². The van der Waals surface area contributed by atoms with E-state index in [0.717, 1.165) is 22.4 Å². The lowest BCUT2D eigenvalue weighted by Gasteiger charge is -2.09. The van der Waals surface area contributed by atoms with Gasteiger partial charge in [0, 0.05) is 17.7 Å². The van der Waals surface area contributed by atoms with E-state index in [1.807, 2.05) is 61.0 Å². The van der Waals surface area contributed by atoms with Crippen LogP contribution in [0, 0.1) is 6.42 Å². The molecule has 0 aliphatic heterocycles. The molecular formula is C20H18N3O. The first-order chi connectivity index (χ1) is 11.6. The van der Waals surface area contributed by atoms with Gasteiger partial charge in [0.25, 0.3) is 0 Å². The van der Waals surface area contributed by atoms with Crippen LogP contribution in [-0.2, 0) is 6.42 Å². The number of carbonyl (C=O) groups excluding carboxylic acids is 1. The minimum Gasteiger partial charge on any atom is -0.384 e. The molecule has 1 amide bonds. The predicted molar refractivity (Wildman–Crippen MR) is 96.2 cm³/mol. The van der Waals surface area contributed by atoms with Crippen LogP contribution in [0.3, 0.4) is 0 Å². The molecule has 4 N–H and O–H groups in total. The lowest BCUT2D eigenvalue weighted by Crippen LogP contribution is -2.13. The third-order valence-electron chi connectivity index (χ3n) is 3.79. The summed E-state index contributed by atoms with van der Waals surface area (Å²) in [7, 11) is 0. The van der Waals surface area contributed by atoms with E-state index in [1.165, 1.54) is 0 Å². The highest BCUT2D eigenvalue weighted by Gasteiger charge is 2.09. The lowest BCUT2D eigenvalue weighted by molar-refractivity contribution is 0.0999. The summed E-state index contributed by atoms with van der Waals surface area (Å²) in [5, 5.41) is 0. The zero-order valence-electron chi connectivity index (χ0n) is 13.1. The zero-order chi connectivity index (χ0) is 16.9. The van der Waals surface area contributed by atoms with E-state index < -0.39 is 5.91 Å². The number of benzene rings is 2. The largest absolute Gasteiger partial charge is 0.384 e. The Morgan fingerprint density at radius 2 is 1.67 bits per heavy atom. The smallest absolute Gasteiger partial charge is 0.248 e. The lowest BCUT2D eigenvalue weighted by atomic mass is 9.99.